The molecule has 3 aromatic rings. The lowest BCUT2D eigenvalue weighted by Crippen LogP contribution is -2.53. The van der Waals surface area contributed by atoms with Crippen LogP contribution >= 0.6 is 0 Å². The number of nitrogens with zero attached hydrogens (tertiary/aromatic N) is 4. The van der Waals surface area contributed by atoms with Crippen molar-refractivity contribution >= 4 is 23.0 Å². The molecular formula is C25H23N6O+. The molecule has 158 valence electrons. The Kier molecular flexibility index (Phi) is 4.38. The zero-order chi connectivity index (χ0) is 21.7. The number of allylic oxidation sites excluding steroid dienone is 1. The molecule has 7 nitrogen and oxygen atoms in total. The summed E-state index contributed by atoms with van der Waals surface area (Å²) >= 11 is 0. The van der Waals surface area contributed by atoms with E-state index in [0.29, 0.717) is 13.0 Å². The first-order valence-electron chi connectivity index (χ1n) is 10.7. The molecule has 0 spiro atoms. The fourth-order valence-electron chi connectivity index (χ4n) is 4.61. The molecule has 7 heteroatoms. The van der Waals surface area contributed by atoms with Crippen LogP contribution in [0, 0.1) is 0 Å². The summed E-state index contributed by atoms with van der Waals surface area (Å²) in [5.41, 5.74) is 5.45. The zero-order valence-electron chi connectivity index (χ0n) is 17.4. The van der Waals surface area contributed by atoms with Crippen molar-refractivity contribution in [3.63, 3.8) is 0 Å². The van der Waals surface area contributed by atoms with E-state index in [4.69, 9.17) is 15.8 Å². The first kappa shape index (κ1) is 19.2. The smallest absolute Gasteiger partial charge is 0.265 e. The van der Waals surface area contributed by atoms with Crippen LogP contribution < -0.4 is 11.2 Å². The Hall–Kier alpha value is -3.49. The number of aliphatic imine (C=N–C) groups is 2. The van der Waals surface area contributed by atoms with Gasteiger partial charge in [0, 0.05) is 17.5 Å². The van der Waals surface area contributed by atoms with Crippen LogP contribution in [-0.4, -0.2) is 45.4 Å². The maximum Gasteiger partial charge on any atom is 0.265 e. The van der Waals surface area contributed by atoms with Gasteiger partial charge in [-0.25, -0.2) is 4.98 Å². The standard InChI is InChI=1S/C25H23N6O/c26-31-11-10-27-15-23(31)24(22-13-19(32)14-28-22)30-25(31)18-7-6-17-8-9-20(29-21(17)12-18)16-4-2-1-3-5-16/h1-12,15,19,22,28,32H,13-14,26H2/q+1. The van der Waals surface area contributed by atoms with Crippen molar-refractivity contribution in [1.82, 2.24) is 10.3 Å². The van der Waals surface area contributed by atoms with Gasteiger partial charge >= 0.3 is 0 Å². The van der Waals surface area contributed by atoms with Gasteiger partial charge in [0.05, 0.1) is 41.3 Å². The van der Waals surface area contributed by atoms with Crippen LogP contribution in [0.1, 0.15) is 12.0 Å². The minimum Gasteiger partial charge on any atom is -0.392 e. The number of hydrogen-bond acceptors (Lipinski definition) is 6. The number of nitrogens with one attached hydrogen (secondary N) is 1. The van der Waals surface area contributed by atoms with Crippen molar-refractivity contribution in [2.24, 2.45) is 15.8 Å². The van der Waals surface area contributed by atoms with E-state index in [2.05, 4.69) is 34.6 Å². The summed E-state index contributed by atoms with van der Waals surface area (Å²) in [6, 6.07) is 20.4. The number of quaternary nitrogens is 1. The Balaban J connectivity index is 1.45. The van der Waals surface area contributed by atoms with E-state index in [1.165, 1.54) is 0 Å². The van der Waals surface area contributed by atoms with Crippen molar-refractivity contribution in [3.8, 4) is 11.3 Å². The van der Waals surface area contributed by atoms with Crippen molar-refractivity contribution in [2.45, 2.75) is 18.6 Å². The topological polar surface area (TPSA) is 95.9 Å². The highest BCUT2D eigenvalue weighted by molar-refractivity contribution is 6.02. The van der Waals surface area contributed by atoms with Gasteiger partial charge in [0.25, 0.3) is 5.84 Å². The molecule has 6 rings (SSSR count). The Morgan fingerprint density at radius 2 is 1.88 bits per heavy atom. The van der Waals surface area contributed by atoms with Crippen LogP contribution in [0.4, 0.5) is 0 Å². The average molecular weight is 424 g/mol. The summed E-state index contributed by atoms with van der Waals surface area (Å²) in [6.45, 7) is 0.548. The number of aliphatic hydroxyl groups excluding tert-OH is 1. The third kappa shape index (κ3) is 3.03. The van der Waals surface area contributed by atoms with Crippen molar-refractivity contribution < 1.29 is 9.70 Å². The molecule has 4 heterocycles. The predicted octanol–water partition coefficient (Wildman–Crippen LogP) is 2.84. The molecule has 0 saturated carbocycles. The van der Waals surface area contributed by atoms with E-state index in [-0.39, 0.29) is 16.7 Å². The molecule has 1 saturated heterocycles. The van der Waals surface area contributed by atoms with Gasteiger partial charge < -0.3 is 10.4 Å². The summed E-state index contributed by atoms with van der Waals surface area (Å²) in [6.07, 6.45) is 5.53. The van der Waals surface area contributed by atoms with Crippen molar-refractivity contribution in [2.75, 3.05) is 6.54 Å². The fraction of sp³-hybridized carbons (Fsp3) is 0.160. The number of aliphatic hydroxyl groups is 1. The number of β-amino-alcohol motifs (C(OH)–C–C–N with tert-alkyl or cyclic N) is 1. The maximum atomic E-state index is 10.0. The molecule has 3 aliphatic heterocycles. The summed E-state index contributed by atoms with van der Waals surface area (Å²) in [5, 5.41) is 14.4. The second-order valence-corrected chi connectivity index (χ2v) is 8.38. The Morgan fingerprint density at radius 1 is 1.03 bits per heavy atom. The lowest BCUT2D eigenvalue weighted by Gasteiger charge is -2.26. The highest BCUT2D eigenvalue weighted by Gasteiger charge is 2.46. The molecule has 0 amide bonds. The van der Waals surface area contributed by atoms with Crippen LogP contribution in [0.25, 0.3) is 22.2 Å². The van der Waals surface area contributed by atoms with E-state index >= 15 is 0 Å². The molecule has 3 unspecified atom stereocenters. The number of nitrogens with two attached hydrogens (primary N) is 1. The molecule has 4 N–H and O–H groups in total. The van der Waals surface area contributed by atoms with Gasteiger partial charge in [0.2, 0.25) is 5.70 Å². The first-order valence-corrected chi connectivity index (χ1v) is 10.7. The normalized spacial score (nSPS) is 26.6. The summed E-state index contributed by atoms with van der Waals surface area (Å²) in [7, 11) is 0. The van der Waals surface area contributed by atoms with E-state index in [1.54, 1.807) is 12.4 Å². The fourth-order valence-corrected chi connectivity index (χ4v) is 4.61. The average Bonchev–Trinajstić information content (AvgIpc) is 3.39. The second-order valence-electron chi connectivity index (χ2n) is 8.38. The molecule has 0 aliphatic carbocycles. The third-order valence-electron chi connectivity index (χ3n) is 6.28. The number of benzene rings is 2. The van der Waals surface area contributed by atoms with Crippen LogP contribution in [0.2, 0.25) is 0 Å². The molecule has 32 heavy (non-hydrogen) atoms. The van der Waals surface area contributed by atoms with Gasteiger partial charge in [-0.2, -0.15) is 10.8 Å². The van der Waals surface area contributed by atoms with E-state index < -0.39 is 0 Å². The minimum absolute atomic E-state index is 0.0447. The largest absolute Gasteiger partial charge is 0.392 e. The first-order chi connectivity index (χ1) is 15.6. The monoisotopic (exact) mass is 423 g/mol. The molecule has 3 aliphatic rings. The number of amidine groups is 1. The molecular weight excluding hydrogens is 400 g/mol. The number of pyridine rings is 1. The molecule has 3 atom stereocenters. The molecule has 1 fully saturated rings. The number of hydrogen-bond donors (Lipinski definition) is 3. The molecule has 0 bridgehead atoms. The second kappa shape index (κ2) is 7.29. The summed E-state index contributed by atoms with van der Waals surface area (Å²) in [4.78, 5) is 14.2. The SMILES string of the molecule is N[N+]12C=CN=CC1=C(C1CC(O)CN1)N=C2c1ccc2ccc(-c3ccccc3)nc2c1. The highest BCUT2D eigenvalue weighted by Crippen LogP contribution is 2.35. The quantitative estimate of drug-likeness (QED) is 0.446. The third-order valence-corrected chi connectivity index (χ3v) is 6.28. The number of aromatic nitrogens is 1. The number of rotatable bonds is 3. The van der Waals surface area contributed by atoms with Gasteiger partial charge in [0.15, 0.2) is 0 Å². The van der Waals surface area contributed by atoms with E-state index in [9.17, 15) is 5.11 Å². The summed E-state index contributed by atoms with van der Waals surface area (Å²) in [5.74, 6) is 7.58. The Bertz CT molecular complexity index is 1340. The van der Waals surface area contributed by atoms with Gasteiger partial charge in [-0.3, -0.25) is 4.99 Å². The van der Waals surface area contributed by atoms with Crippen molar-refractivity contribution in [1.29, 1.82) is 0 Å². The van der Waals surface area contributed by atoms with Gasteiger partial charge in [-0.05, 0) is 24.6 Å². The highest BCUT2D eigenvalue weighted by atomic mass is 16.3. The summed E-state index contributed by atoms with van der Waals surface area (Å²) < 4.78 is -0.0447. The number of fused-ring (bicyclic) bond motifs is 2. The van der Waals surface area contributed by atoms with Crippen molar-refractivity contribution in [3.05, 3.63) is 90.0 Å². The lowest BCUT2D eigenvalue weighted by molar-refractivity contribution is -0.750. The van der Waals surface area contributed by atoms with E-state index in [0.717, 1.165) is 45.0 Å². The van der Waals surface area contributed by atoms with Crippen LogP contribution in [0.5, 0.6) is 0 Å². The Labute approximate surface area is 185 Å². The lowest BCUT2D eigenvalue weighted by atomic mass is 10.1. The van der Waals surface area contributed by atoms with Crippen LogP contribution in [0.3, 0.4) is 0 Å². The van der Waals surface area contributed by atoms with Crippen LogP contribution in [-0.2, 0) is 0 Å². The van der Waals surface area contributed by atoms with Crippen LogP contribution in [0.15, 0.2) is 94.4 Å². The molecule has 1 aromatic heterocycles. The molecule has 0 radical (unpaired) electrons. The van der Waals surface area contributed by atoms with E-state index in [1.807, 2.05) is 42.6 Å². The van der Waals surface area contributed by atoms with Gasteiger partial charge in [0.1, 0.15) is 11.9 Å². The predicted molar refractivity (Wildman–Crippen MR) is 125 cm³/mol. The van der Waals surface area contributed by atoms with Gasteiger partial charge in [-0.1, -0.05) is 42.5 Å². The van der Waals surface area contributed by atoms with Gasteiger partial charge in [-0.15, -0.1) is 4.59 Å². The minimum atomic E-state index is -0.385. The molecule has 2 aromatic carbocycles. The Morgan fingerprint density at radius 3 is 2.69 bits per heavy atom. The zero-order valence-corrected chi connectivity index (χ0v) is 17.4. The maximum absolute atomic E-state index is 10.0.